The molecular formula is C12H10ClF3N2S. The van der Waals surface area contributed by atoms with E-state index in [0.717, 1.165) is 5.56 Å². The first-order valence-electron chi connectivity index (χ1n) is 5.37. The maximum absolute atomic E-state index is 12.5. The smallest absolute Gasteiger partial charge is 0.309 e. The summed E-state index contributed by atoms with van der Waals surface area (Å²) < 4.78 is 37.6. The second-order valence-corrected chi connectivity index (χ2v) is 5.34. The highest BCUT2D eigenvalue weighted by Crippen LogP contribution is 2.35. The summed E-state index contributed by atoms with van der Waals surface area (Å²) in [5, 5.41) is 2.72. The van der Waals surface area contributed by atoms with Crippen LogP contribution in [0.5, 0.6) is 0 Å². The predicted octanol–water partition coefficient (Wildman–Crippen LogP) is 4.12. The fourth-order valence-electron chi connectivity index (χ4n) is 1.68. The number of halogens is 4. The van der Waals surface area contributed by atoms with Gasteiger partial charge in [0.2, 0.25) is 0 Å². The van der Waals surface area contributed by atoms with Crippen LogP contribution < -0.4 is 5.32 Å². The first-order valence-corrected chi connectivity index (χ1v) is 6.57. The fraction of sp³-hybridized carbons (Fsp3) is 0.250. The second-order valence-electron chi connectivity index (χ2n) is 3.84. The highest BCUT2D eigenvalue weighted by atomic mass is 35.5. The van der Waals surface area contributed by atoms with Crippen molar-refractivity contribution in [2.75, 3.05) is 7.05 Å². The van der Waals surface area contributed by atoms with Crippen molar-refractivity contribution in [3.63, 3.8) is 0 Å². The van der Waals surface area contributed by atoms with Gasteiger partial charge < -0.3 is 5.32 Å². The van der Waals surface area contributed by atoms with E-state index in [9.17, 15) is 13.2 Å². The third kappa shape index (κ3) is 3.26. The molecule has 2 aromatic rings. The maximum Gasteiger partial charge on any atom is 0.443 e. The van der Waals surface area contributed by atoms with Crippen molar-refractivity contribution in [1.29, 1.82) is 0 Å². The molecule has 1 heterocycles. The van der Waals surface area contributed by atoms with Crippen molar-refractivity contribution in [3.05, 3.63) is 50.9 Å². The van der Waals surface area contributed by atoms with Gasteiger partial charge in [0.1, 0.15) is 0 Å². The fourth-order valence-corrected chi connectivity index (χ4v) is 2.73. The second kappa shape index (κ2) is 5.48. The Bertz CT molecular complexity index is 551. The van der Waals surface area contributed by atoms with Gasteiger partial charge in [-0.15, -0.1) is 11.3 Å². The molecule has 2 rings (SSSR count). The molecule has 1 aromatic heterocycles. The molecule has 0 fully saturated rings. The van der Waals surface area contributed by atoms with Crippen LogP contribution in [0.2, 0.25) is 5.02 Å². The predicted molar refractivity (Wildman–Crippen MR) is 69.5 cm³/mol. The average molecular weight is 307 g/mol. The van der Waals surface area contributed by atoms with Crippen LogP contribution in [-0.4, -0.2) is 12.0 Å². The minimum atomic E-state index is -4.40. The summed E-state index contributed by atoms with van der Waals surface area (Å²) in [4.78, 5) is 3.94. The van der Waals surface area contributed by atoms with Gasteiger partial charge in [-0.3, -0.25) is 0 Å². The van der Waals surface area contributed by atoms with E-state index in [0.29, 0.717) is 21.2 Å². The molecule has 0 aliphatic rings. The van der Waals surface area contributed by atoms with Crippen LogP contribution in [0.3, 0.4) is 0 Å². The quantitative estimate of drug-likeness (QED) is 0.922. The van der Waals surface area contributed by atoms with Crippen molar-refractivity contribution in [2.45, 2.75) is 12.2 Å². The van der Waals surface area contributed by atoms with Crippen LogP contribution in [0.25, 0.3) is 0 Å². The number of hydrogen-bond acceptors (Lipinski definition) is 3. The zero-order valence-corrected chi connectivity index (χ0v) is 11.4. The molecule has 102 valence electrons. The van der Waals surface area contributed by atoms with Gasteiger partial charge in [0.05, 0.1) is 6.04 Å². The van der Waals surface area contributed by atoms with E-state index in [2.05, 4.69) is 10.3 Å². The van der Waals surface area contributed by atoms with Crippen molar-refractivity contribution in [1.82, 2.24) is 10.3 Å². The van der Waals surface area contributed by atoms with Crippen LogP contribution in [0.4, 0.5) is 13.2 Å². The highest BCUT2D eigenvalue weighted by Gasteiger charge is 2.35. The summed E-state index contributed by atoms with van der Waals surface area (Å²) in [7, 11) is 1.69. The Morgan fingerprint density at radius 3 is 2.37 bits per heavy atom. The number of hydrogen-bond donors (Lipinski definition) is 1. The van der Waals surface area contributed by atoms with Gasteiger partial charge in [0.25, 0.3) is 0 Å². The number of alkyl halides is 3. The zero-order valence-electron chi connectivity index (χ0n) is 9.83. The molecule has 0 saturated carbocycles. The highest BCUT2D eigenvalue weighted by molar-refractivity contribution is 7.11. The van der Waals surface area contributed by atoms with Crippen molar-refractivity contribution < 1.29 is 13.2 Å². The Morgan fingerprint density at radius 2 is 1.89 bits per heavy atom. The van der Waals surface area contributed by atoms with Crippen LogP contribution in [-0.2, 0) is 6.18 Å². The van der Waals surface area contributed by atoms with E-state index < -0.39 is 11.2 Å². The number of nitrogens with zero attached hydrogens (tertiary/aromatic N) is 1. The van der Waals surface area contributed by atoms with Crippen molar-refractivity contribution in [2.24, 2.45) is 0 Å². The number of nitrogens with one attached hydrogen (secondary N) is 1. The van der Waals surface area contributed by atoms with Crippen LogP contribution in [0.1, 0.15) is 21.5 Å². The third-order valence-corrected chi connectivity index (χ3v) is 3.90. The lowest BCUT2D eigenvalue weighted by atomic mass is 10.1. The van der Waals surface area contributed by atoms with E-state index >= 15 is 0 Å². The lowest BCUT2D eigenvalue weighted by molar-refractivity contribution is -0.137. The third-order valence-electron chi connectivity index (χ3n) is 2.54. The monoisotopic (exact) mass is 306 g/mol. The largest absolute Gasteiger partial charge is 0.443 e. The van der Waals surface area contributed by atoms with Crippen LogP contribution >= 0.6 is 22.9 Å². The number of aromatic nitrogens is 1. The molecule has 0 amide bonds. The zero-order chi connectivity index (χ0) is 14.0. The lowest BCUT2D eigenvalue weighted by Gasteiger charge is -2.14. The molecule has 1 atom stereocenters. The van der Waals surface area contributed by atoms with Gasteiger partial charge in [0, 0.05) is 16.1 Å². The molecule has 1 N–H and O–H groups in total. The SMILES string of the molecule is CNC(c1ccc(Cl)cc1)c1cnc(C(F)(F)F)s1. The Morgan fingerprint density at radius 1 is 1.26 bits per heavy atom. The molecule has 0 radical (unpaired) electrons. The topological polar surface area (TPSA) is 24.9 Å². The molecule has 1 unspecified atom stereocenters. The van der Waals surface area contributed by atoms with Gasteiger partial charge in [-0.05, 0) is 24.7 Å². The Labute approximate surface area is 117 Å². The molecule has 0 bridgehead atoms. The average Bonchev–Trinajstić information content (AvgIpc) is 2.82. The van der Waals surface area contributed by atoms with Crippen LogP contribution in [0, 0.1) is 0 Å². The van der Waals surface area contributed by atoms with E-state index in [1.807, 2.05) is 0 Å². The van der Waals surface area contributed by atoms with Gasteiger partial charge in [-0.2, -0.15) is 13.2 Å². The molecule has 0 saturated heterocycles. The molecule has 0 aliphatic carbocycles. The minimum absolute atomic E-state index is 0.328. The maximum atomic E-state index is 12.5. The van der Waals surface area contributed by atoms with E-state index in [1.165, 1.54) is 6.20 Å². The van der Waals surface area contributed by atoms with Gasteiger partial charge >= 0.3 is 6.18 Å². The Hall–Kier alpha value is -1.11. The van der Waals surface area contributed by atoms with Crippen LogP contribution in [0.15, 0.2) is 30.5 Å². The normalized spacial score (nSPS) is 13.5. The van der Waals surface area contributed by atoms with E-state index in [1.54, 1.807) is 31.3 Å². The summed E-state index contributed by atoms with van der Waals surface area (Å²) >= 11 is 6.43. The number of benzene rings is 1. The van der Waals surface area contributed by atoms with Gasteiger partial charge in [0.15, 0.2) is 5.01 Å². The molecule has 1 aromatic carbocycles. The first-order chi connectivity index (χ1) is 8.91. The molecular weight excluding hydrogens is 297 g/mol. The standard InChI is InChI=1S/C12H10ClF3N2S/c1-17-10(7-2-4-8(13)5-3-7)9-6-18-11(19-9)12(14,15)16/h2-6,10,17H,1H3. The number of rotatable bonds is 3. The molecule has 0 spiro atoms. The molecule has 2 nitrogen and oxygen atoms in total. The van der Waals surface area contributed by atoms with Crippen molar-refractivity contribution in [3.8, 4) is 0 Å². The minimum Gasteiger partial charge on any atom is -0.309 e. The summed E-state index contributed by atoms with van der Waals surface area (Å²) in [5.41, 5.74) is 0.837. The molecule has 7 heteroatoms. The Balaban J connectivity index is 2.32. The Kier molecular flexibility index (Phi) is 4.13. The first kappa shape index (κ1) is 14.3. The van der Waals surface area contributed by atoms with Gasteiger partial charge in [-0.25, -0.2) is 4.98 Å². The molecule has 0 aliphatic heterocycles. The van der Waals surface area contributed by atoms with Crippen molar-refractivity contribution >= 4 is 22.9 Å². The number of thiazole rings is 1. The summed E-state index contributed by atoms with van der Waals surface area (Å²) in [6.07, 6.45) is -3.15. The van der Waals surface area contributed by atoms with Gasteiger partial charge in [-0.1, -0.05) is 23.7 Å². The van der Waals surface area contributed by atoms with E-state index in [4.69, 9.17) is 11.6 Å². The summed E-state index contributed by atoms with van der Waals surface area (Å²) in [5.74, 6) is 0. The lowest BCUT2D eigenvalue weighted by Crippen LogP contribution is -2.16. The van der Waals surface area contributed by atoms with E-state index in [-0.39, 0.29) is 6.04 Å². The summed E-state index contributed by atoms with van der Waals surface area (Å²) in [6.45, 7) is 0. The molecule has 19 heavy (non-hydrogen) atoms. The summed E-state index contributed by atoms with van der Waals surface area (Å²) in [6, 6.07) is 6.62.